The monoisotopic (exact) mass is 382 g/mol. The van der Waals surface area contributed by atoms with E-state index in [9.17, 15) is 14.7 Å². The second kappa shape index (κ2) is 8.97. The number of hydrogen-bond acceptors (Lipinski definition) is 4. The molecule has 2 aromatic rings. The summed E-state index contributed by atoms with van der Waals surface area (Å²) >= 11 is 13.6. The summed E-state index contributed by atoms with van der Waals surface area (Å²) in [5.41, 5.74) is 0.779. The lowest BCUT2D eigenvalue weighted by atomic mass is 10.2. The van der Waals surface area contributed by atoms with Crippen LogP contribution in [-0.4, -0.2) is 11.9 Å². The fourth-order valence-corrected chi connectivity index (χ4v) is 3.33. The normalized spacial score (nSPS) is 10.4. The third-order valence-corrected chi connectivity index (χ3v) is 4.85. The molecule has 0 spiro atoms. The first-order valence-corrected chi connectivity index (χ1v) is 8.70. The van der Waals surface area contributed by atoms with Crippen LogP contribution in [0.4, 0.5) is 0 Å². The van der Waals surface area contributed by atoms with Gasteiger partial charge in [-0.15, -0.1) is 0 Å². The summed E-state index contributed by atoms with van der Waals surface area (Å²) in [6, 6.07) is 12.9. The van der Waals surface area contributed by atoms with E-state index in [2.05, 4.69) is 5.32 Å². The highest BCUT2D eigenvalue weighted by Crippen LogP contribution is 2.34. The van der Waals surface area contributed by atoms with Crippen molar-refractivity contribution >= 4 is 46.8 Å². The van der Waals surface area contributed by atoms with Crippen LogP contribution < -0.4 is 10.4 Å². The number of nitrogens with one attached hydrogen (secondary N) is 1. The lowest BCUT2D eigenvalue weighted by molar-refractivity contribution is -0.305. The highest BCUT2D eigenvalue weighted by atomic mass is 35.5. The van der Waals surface area contributed by atoms with Crippen LogP contribution in [0.1, 0.15) is 18.4 Å². The SMILES string of the molecule is O=C([O-])CCC(=O)NCc1c(Cl)cccc1Sc1ccc(Cl)cc1. The first-order chi connectivity index (χ1) is 11.5. The van der Waals surface area contributed by atoms with Crippen LogP contribution in [0.5, 0.6) is 0 Å². The standard InChI is InChI=1S/C17H15Cl2NO3S/c18-11-4-6-12(7-5-11)24-15-3-1-2-14(19)13(15)10-20-16(21)8-9-17(22)23/h1-7H,8-10H2,(H,20,21)(H,22,23)/p-1. The van der Waals surface area contributed by atoms with Gasteiger partial charge < -0.3 is 15.2 Å². The highest BCUT2D eigenvalue weighted by molar-refractivity contribution is 7.99. The van der Waals surface area contributed by atoms with Gasteiger partial charge >= 0.3 is 0 Å². The molecule has 0 heterocycles. The average molecular weight is 383 g/mol. The molecule has 0 fully saturated rings. The minimum atomic E-state index is -1.25. The summed E-state index contributed by atoms with van der Waals surface area (Å²) in [5, 5.41) is 14.3. The largest absolute Gasteiger partial charge is 0.550 e. The van der Waals surface area contributed by atoms with Gasteiger partial charge in [-0.05, 0) is 42.8 Å². The van der Waals surface area contributed by atoms with Crippen LogP contribution in [0.2, 0.25) is 10.0 Å². The van der Waals surface area contributed by atoms with Gasteiger partial charge in [0, 0.05) is 44.3 Å². The van der Waals surface area contributed by atoms with Gasteiger partial charge in [0.25, 0.3) is 0 Å². The molecule has 2 aromatic carbocycles. The third kappa shape index (κ3) is 5.74. The summed E-state index contributed by atoms with van der Waals surface area (Å²) in [5.74, 6) is -1.61. The Labute approximate surface area is 154 Å². The van der Waals surface area contributed by atoms with Crippen molar-refractivity contribution in [2.24, 2.45) is 0 Å². The Hall–Kier alpha value is -1.69. The van der Waals surface area contributed by atoms with E-state index in [0.717, 1.165) is 15.4 Å². The molecule has 4 nitrogen and oxygen atoms in total. The van der Waals surface area contributed by atoms with Crippen molar-refractivity contribution < 1.29 is 14.7 Å². The van der Waals surface area contributed by atoms with Gasteiger partial charge in [-0.1, -0.05) is 41.0 Å². The molecule has 0 unspecified atom stereocenters. The van der Waals surface area contributed by atoms with E-state index >= 15 is 0 Å². The van der Waals surface area contributed by atoms with Gasteiger partial charge in [-0.25, -0.2) is 0 Å². The van der Waals surface area contributed by atoms with E-state index < -0.39 is 5.97 Å². The minimum Gasteiger partial charge on any atom is -0.550 e. The van der Waals surface area contributed by atoms with Crippen LogP contribution >= 0.6 is 35.0 Å². The summed E-state index contributed by atoms with van der Waals surface area (Å²) in [6.45, 7) is 0.224. The molecule has 1 N–H and O–H groups in total. The Morgan fingerprint density at radius 3 is 2.42 bits per heavy atom. The molecule has 0 aliphatic rings. The Morgan fingerprint density at radius 1 is 1.04 bits per heavy atom. The maximum atomic E-state index is 11.7. The molecule has 0 saturated heterocycles. The zero-order valence-corrected chi connectivity index (χ0v) is 14.9. The van der Waals surface area contributed by atoms with Crippen LogP contribution in [0.3, 0.4) is 0 Å². The summed E-state index contributed by atoms with van der Waals surface area (Å²) < 4.78 is 0. The first kappa shape index (κ1) is 18.6. The second-order valence-electron chi connectivity index (χ2n) is 4.92. The lowest BCUT2D eigenvalue weighted by Gasteiger charge is -2.12. The topological polar surface area (TPSA) is 69.2 Å². The predicted molar refractivity (Wildman–Crippen MR) is 93.1 cm³/mol. The molecule has 0 aliphatic heterocycles. The van der Waals surface area contributed by atoms with Crippen molar-refractivity contribution in [1.29, 1.82) is 0 Å². The van der Waals surface area contributed by atoms with Gasteiger partial charge in [0.05, 0.1) is 0 Å². The lowest BCUT2D eigenvalue weighted by Crippen LogP contribution is -2.27. The summed E-state index contributed by atoms with van der Waals surface area (Å²) in [7, 11) is 0. The number of carboxylic acid groups (broad SMARTS) is 1. The molecule has 0 radical (unpaired) electrons. The van der Waals surface area contributed by atoms with E-state index in [-0.39, 0.29) is 25.3 Å². The molecule has 7 heteroatoms. The number of carbonyl (C=O) groups is 2. The van der Waals surface area contributed by atoms with E-state index in [4.69, 9.17) is 23.2 Å². The van der Waals surface area contributed by atoms with Gasteiger partial charge in [0.2, 0.25) is 5.91 Å². The van der Waals surface area contributed by atoms with Gasteiger partial charge in [-0.2, -0.15) is 0 Å². The number of halogens is 2. The highest BCUT2D eigenvalue weighted by Gasteiger charge is 2.10. The maximum Gasteiger partial charge on any atom is 0.220 e. The molecule has 0 atom stereocenters. The third-order valence-electron chi connectivity index (χ3n) is 3.14. The number of hydrogen-bond donors (Lipinski definition) is 1. The van der Waals surface area contributed by atoms with Crippen molar-refractivity contribution in [1.82, 2.24) is 5.32 Å². The molecule has 2 rings (SSSR count). The molecular formula is C17H14Cl2NO3S-. The van der Waals surface area contributed by atoms with E-state index in [1.807, 2.05) is 24.3 Å². The second-order valence-corrected chi connectivity index (χ2v) is 6.88. The number of aliphatic carboxylic acids is 1. The van der Waals surface area contributed by atoms with Gasteiger partial charge in [-0.3, -0.25) is 4.79 Å². The van der Waals surface area contributed by atoms with Crippen molar-refractivity contribution in [3.8, 4) is 0 Å². The fraction of sp³-hybridized carbons (Fsp3) is 0.176. The molecule has 126 valence electrons. The molecule has 1 amide bonds. The van der Waals surface area contributed by atoms with Crippen molar-refractivity contribution in [3.63, 3.8) is 0 Å². The van der Waals surface area contributed by atoms with Crippen molar-refractivity contribution in [2.45, 2.75) is 29.2 Å². The summed E-state index contributed by atoms with van der Waals surface area (Å²) in [6.07, 6.45) is -0.423. The Bertz CT molecular complexity index is 735. The summed E-state index contributed by atoms with van der Waals surface area (Å²) in [4.78, 5) is 24.0. The predicted octanol–water partition coefficient (Wildman–Crippen LogP) is 3.29. The van der Waals surface area contributed by atoms with Crippen LogP contribution in [-0.2, 0) is 16.1 Å². The Morgan fingerprint density at radius 2 is 1.75 bits per heavy atom. The zero-order valence-electron chi connectivity index (χ0n) is 12.6. The average Bonchev–Trinajstić information content (AvgIpc) is 2.54. The van der Waals surface area contributed by atoms with Crippen LogP contribution in [0.25, 0.3) is 0 Å². The number of carboxylic acids is 1. The number of amides is 1. The maximum absolute atomic E-state index is 11.7. The molecule has 0 aliphatic carbocycles. The molecule has 24 heavy (non-hydrogen) atoms. The molecule has 0 saturated carbocycles. The van der Waals surface area contributed by atoms with E-state index in [0.29, 0.717) is 10.0 Å². The van der Waals surface area contributed by atoms with E-state index in [1.165, 1.54) is 11.8 Å². The number of benzene rings is 2. The van der Waals surface area contributed by atoms with Crippen LogP contribution in [0.15, 0.2) is 52.3 Å². The Balaban J connectivity index is 2.07. The number of carbonyl (C=O) groups excluding carboxylic acids is 2. The van der Waals surface area contributed by atoms with Crippen molar-refractivity contribution in [2.75, 3.05) is 0 Å². The fourth-order valence-electron chi connectivity index (χ4n) is 1.93. The quantitative estimate of drug-likeness (QED) is 0.797. The number of rotatable bonds is 7. The van der Waals surface area contributed by atoms with Gasteiger partial charge in [0.1, 0.15) is 0 Å². The first-order valence-electron chi connectivity index (χ1n) is 7.13. The van der Waals surface area contributed by atoms with E-state index in [1.54, 1.807) is 18.2 Å². The van der Waals surface area contributed by atoms with Crippen molar-refractivity contribution in [3.05, 3.63) is 58.1 Å². The zero-order chi connectivity index (χ0) is 17.5. The molecule has 0 aromatic heterocycles. The Kier molecular flexibility index (Phi) is 6.97. The van der Waals surface area contributed by atoms with Crippen LogP contribution in [0, 0.1) is 0 Å². The molecule has 0 bridgehead atoms. The van der Waals surface area contributed by atoms with Gasteiger partial charge in [0.15, 0.2) is 0 Å². The smallest absolute Gasteiger partial charge is 0.220 e. The molecular weight excluding hydrogens is 369 g/mol. The minimum absolute atomic E-state index is 0.119.